The van der Waals surface area contributed by atoms with Crippen LogP contribution in [0.15, 0.2) is 59.0 Å². The van der Waals surface area contributed by atoms with Gasteiger partial charge in [0.2, 0.25) is 5.91 Å². The van der Waals surface area contributed by atoms with Crippen LogP contribution in [0.1, 0.15) is 41.1 Å². The number of fused-ring (bicyclic) bond motifs is 1. The van der Waals surface area contributed by atoms with E-state index in [9.17, 15) is 14.0 Å². The molecule has 3 aromatic rings. The highest BCUT2D eigenvalue weighted by Crippen LogP contribution is 2.27. The number of nitrogens with one attached hydrogen (secondary N) is 2. The van der Waals surface area contributed by atoms with Crippen LogP contribution < -0.4 is 10.6 Å². The Morgan fingerprint density at radius 1 is 1.14 bits per heavy atom. The summed E-state index contributed by atoms with van der Waals surface area (Å²) in [5.74, 6) is -0.333. The summed E-state index contributed by atoms with van der Waals surface area (Å²) in [5.41, 5.74) is 3.12. The van der Waals surface area contributed by atoms with Gasteiger partial charge in [0.25, 0.3) is 5.91 Å². The van der Waals surface area contributed by atoms with E-state index in [1.165, 1.54) is 12.1 Å². The zero-order chi connectivity index (χ0) is 19.7. The molecule has 0 unspecified atom stereocenters. The predicted molar refractivity (Wildman–Crippen MR) is 103 cm³/mol. The predicted octanol–water partition coefficient (Wildman–Crippen LogP) is 4.46. The second-order valence-corrected chi connectivity index (χ2v) is 6.80. The van der Waals surface area contributed by atoms with E-state index in [2.05, 4.69) is 10.6 Å². The lowest BCUT2D eigenvalue weighted by atomic mass is 9.98. The third-order valence-electron chi connectivity index (χ3n) is 4.84. The maximum Gasteiger partial charge on any atom is 0.287 e. The maximum atomic E-state index is 13.9. The molecule has 0 spiro atoms. The summed E-state index contributed by atoms with van der Waals surface area (Å²) >= 11 is 0. The third-order valence-corrected chi connectivity index (χ3v) is 4.84. The quantitative estimate of drug-likeness (QED) is 0.704. The molecule has 1 aromatic heterocycles. The van der Waals surface area contributed by atoms with E-state index in [-0.39, 0.29) is 23.6 Å². The summed E-state index contributed by atoms with van der Waals surface area (Å²) in [5, 5.41) is 5.74. The molecule has 1 atom stereocenters. The van der Waals surface area contributed by atoms with E-state index >= 15 is 0 Å². The number of hydrogen-bond donors (Lipinski definition) is 2. The van der Waals surface area contributed by atoms with Crippen molar-refractivity contribution in [3.63, 3.8) is 0 Å². The molecular formula is C22H19FN2O3. The Balaban J connectivity index is 1.48. The number of carbonyl (C=O) groups is 2. The van der Waals surface area contributed by atoms with Crippen molar-refractivity contribution in [2.45, 2.75) is 25.8 Å². The molecule has 1 aliphatic heterocycles. The van der Waals surface area contributed by atoms with Gasteiger partial charge in [-0.05, 0) is 54.8 Å². The van der Waals surface area contributed by atoms with Crippen LogP contribution in [-0.4, -0.2) is 11.8 Å². The van der Waals surface area contributed by atoms with Gasteiger partial charge >= 0.3 is 0 Å². The normalized spacial score (nSPS) is 14.1. The SMILES string of the molecule is C[C@@H](NC(=O)c1ccc(-c2ccccc2F)o1)c1ccc2c(c1)CCC(=O)N2. The van der Waals surface area contributed by atoms with Gasteiger partial charge in [0, 0.05) is 12.1 Å². The summed E-state index contributed by atoms with van der Waals surface area (Å²) in [7, 11) is 0. The molecular weight excluding hydrogens is 359 g/mol. The molecule has 142 valence electrons. The Morgan fingerprint density at radius 3 is 2.79 bits per heavy atom. The van der Waals surface area contributed by atoms with E-state index in [1.807, 2.05) is 25.1 Å². The van der Waals surface area contributed by atoms with Gasteiger partial charge in [0.05, 0.1) is 11.6 Å². The number of halogens is 1. The minimum absolute atomic E-state index is 0.0186. The first-order valence-electron chi connectivity index (χ1n) is 9.09. The van der Waals surface area contributed by atoms with Crippen molar-refractivity contribution < 1.29 is 18.4 Å². The molecule has 0 bridgehead atoms. The fourth-order valence-corrected chi connectivity index (χ4v) is 3.29. The molecule has 6 heteroatoms. The Bertz CT molecular complexity index is 1060. The fraction of sp³-hybridized carbons (Fsp3) is 0.182. The number of carbonyl (C=O) groups excluding carboxylic acids is 2. The van der Waals surface area contributed by atoms with Gasteiger partial charge in [-0.1, -0.05) is 24.3 Å². The highest BCUT2D eigenvalue weighted by molar-refractivity contribution is 5.94. The molecule has 2 amide bonds. The second kappa shape index (κ2) is 7.31. The van der Waals surface area contributed by atoms with Crippen molar-refractivity contribution in [3.8, 4) is 11.3 Å². The first kappa shape index (κ1) is 18.0. The molecule has 2 aromatic carbocycles. The maximum absolute atomic E-state index is 13.9. The topological polar surface area (TPSA) is 71.3 Å². The van der Waals surface area contributed by atoms with E-state index in [0.717, 1.165) is 16.8 Å². The van der Waals surface area contributed by atoms with Crippen LogP contribution in [0.3, 0.4) is 0 Å². The fourth-order valence-electron chi connectivity index (χ4n) is 3.29. The largest absolute Gasteiger partial charge is 0.451 e. The molecule has 0 saturated heterocycles. The van der Waals surface area contributed by atoms with Crippen LogP contribution in [0.4, 0.5) is 10.1 Å². The lowest BCUT2D eigenvalue weighted by Crippen LogP contribution is -2.26. The highest BCUT2D eigenvalue weighted by atomic mass is 19.1. The van der Waals surface area contributed by atoms with E-state index in [4.69, 9.17) is 4.42 Å². The van der Waals surface area contributed by atoms with Crippen LogP contribution in [0, 0.1) is 5.82 Å². The van der Waals surface area contributed by atoms with Gasteiger partial charge in [-0.15, -0.1) is 0 Å². The summed E-state index contributed by atoms with van der Waals surface area (Å²) in [6.07, 6.45) is 1.14. The van der Waals surface area contributed by atoms with Crippen LogP contribution in [0.2, 0.25) is 0 Å². The average molecular weight is 378 g/mol. The Labute approximate surface area is 161 Å². The number of benzene rings is 2. The average Bonchev–Trinajstić information content (AvgIpc) is 3.18. The zero-order valence-corrected chi connectivity index (χ0v) is 15.3. The van der Waals surface area contributed by atoms with Crippen LogP contribution in [0.5, 0.6) is 0 Å². The molecule has 5 nitrogen and oxygen atoms in total. The summed E-state index contributed by atoms with van der Waals surface area (Å²) in [6, 6.07) is 14.8. The standard InChI is InChI=1S/C22H19FN2O3/c1-13(14-6-8-18-15(12-14)7-11-21(26)25-18)24-22(27)20-10-9-19(28-20)16-4-2-3-5-17(16)23/h2-6,8-10,12-13H,7,11H2,1H3,(H,24,27)(H,25,26)/t13-/m1/s1. The van der Waals surface area contributed by atoms with E-state index < -0.39 is 5.82 Å². The summed E-state index contributed by atoms with van der Waals surface area (Å²) in [6.45, 7) is 1.88. The number of aryl methyl sites for hydroxylation is 1. The number of hydrogen-bond acceptors (Lipinski definition) is 3. The first-order chi connectivity index (χ1) is 13.5. The number of amides is 2. The highest BCUT2D eigenvalue weighted by Gasteiger charge is 2.19. The van der Waals surface area contributed by atoms with Gasteiger partial charge in [-0.3, -0.25) is 9.59 Å². The summed E-state index contributed by atoms with van der Waals surface area (Å²) in [4.78, 5) is 24.0. The van der Waals surface area contributed by atoms with E-state index in [1.54, 1.807) is 24.3 Å². The number of furan rings is 1. The molecule has 4 rings (SSSR count). The molecule has 0 aliphatic carbocycles. The number of anilines is 1. The van der Waals surface area contributed by atoms with Crippen molar-refractivity contribution >= 4 is 17.5 Å². The third kappa shape index (κ3) is 3.53. The van der Waals surface area contributed by atoms with Crippen molar-refractivity contribution in [1.29, 1.82) is 0 Å². The second-order valence-electron chi connectivity index (χ2n) is 6.80. The van der Waals surface area contributed by atoms with Gasteiger partial charge < -0.3 is 15.1 Å². The Kier molecular flexibility index (Phi) is 4.69. The van der Waals surface area contributed by atoms with Crippen LogP contribution >= 0.6 is 0 Å². The molecule has 0 saturated carbocycles. The molecule has 0 fully saturated rings. The van der Waals surface area contributed by atoms with E-state index in [0.29, 0.717) is 24.2 Å². The summed E-state index contributed by atoms with van der Waals surface area (Å²) < 4.78 is 19.4. The lowest BCUT2D eigenvalue weighted by molar-refractivity contribution is -0.116. The number of rotatable bonds is 4. The molecule has 0 radical (unpaired) electrons. The lowest BCUT2D eigenvalue weighted by Gasteiger charge is -2.20. The minimum atomic E-state index is -0.404. The van der Waals surface area contributed by atoms with Gasteiger partial charge in [-0.2, -0.15) is 0 Å². The molecule has 1 aliphatic rings. The molecule has 2 N–H and O–H groups in total. The van der Waals surface area contributed by atoms with Crippen LogP contribution in [-0.2, 0) is 11.2 Å². The molecule has 28 heavy (non-hydrogen) atoms. The monoisotopic (exact) mass is 378 g/mol. The molecule has 2 heterocycles. The Morgan fingerprint density at radius 2 is 1.96 bits per heavy atom. The Hall–Kier alpha value is -3.41. The van der Waals surface area contributed by atoms with Crippen molar-refractivity contribution in [3.05, 3.63) is 77.3 Å². The van der Waals surface area contributed by atoms with Crippen molar-refractivity contribution in [1.82, 2.24) is 5.32 Å². The minimum Gasteiger partial charge on any atom is -0.451 e. The van der Waals surface area contributed by atoms with Gasteiger partial charge in [-0.25, -0.2) is 4.39 Å². The first-order valence-corrected chi connectivity index (χ1v) is 9.09. The van der Waals surface area contributed by atoms with Crippen molar-refractivity contribution in [2.75, 3.05) is 5.32 Å². The van der Waals surface area contributed by atoms with Gasteiger partial charge in [0.15, 0.2) is 5.76 Å². The van der Waals surface area contributed by atoms with Crippen LogP contribution in [0.25, 0.3) is 11.3 Å². The van der Waals surface area contributed by atoms with Gasteiger partial charge in [0.1, 0.15) is 11.6 Å². The van der Waals surface area contributed by atoms with Crippen molar-refractivity contribution in [2.24, 2.45) is 0 Å². The smallest absolute Gasteiger partial charge is 0.287 e. The zero-order valence-electron chi connectivity index (χ0n) is 15.3.